The Morgan fingerprint density at radius 1 is 1.15 bits per heavy atom. The van der Waals surface area contributed by atoms with E-state index in [0.717, 1.165) is 51.0 Å². The van der Waals surface area contributed by atoms with Crippen molar-refractivity contribution in [2.24, 2.45) is 0 Å². The maximum Gasteiger partial charge on any atom is 0.0594 e. The lowest BCUT2D eigenvalue weighted by atomic mass is 9.82. The van der Waals surface area contributed by atoms with Crippen LogP contribution in [0.4, 0.5) is 0 Å². The zero-order valence-corrected chi connectivity index (χ0v) is 13.6. The molecule has 1 N–H and O–H groups in total. The number of nitrogens with one attached hydrogen (secondary N) is 1. The first-order valence-electron chi connectivity index (χ1n) is 8.42. The van der Waals surface area contributed by atoms with Crippen LogP contribution in [-0.4, -0.2) is 74.9 Å². The summed E-state index contributed by atoms with van der Waals surface area (Å²) < 4.78 is 5.79. The molecule has 2 saturated heterocycles. The molecule has 2 unspecified atom stereocenters. The number of piperidine rings is 2. The molecule has 0 aromatic heterocycles. The summed E-state index contributed by atoms with van der Waals surface area (Å²) in [5, 5.41) is 3.66. The molecule has 4 nitrogen and oxygen atoms in total. The maximum atomic E-state index is 5.79. The molecule has 20 heavy (non-hydrogen) atoms. The van der Waals surface area contributed by atoms with Gasteiger partial charge in [0.25, 0.3) is 0 Å². The minimum Gasteiger partial charge on any atom is -0.379 e. The Balaban J connectivity index is 1.71. The van der Waals surface area contributed by atoms with Crippen LogP contribution in [0.2, 0.25) is 0 Å². The van der Waals surface area contributed by atoms with Crippen LogP contribution in [0.1, 0.15) is 39.0 Å². The average Bonchev–Trinajstić information content (AvgIpc) is 2.38. The zero-order chi connectivity index (χ0) is 14.4. The van der Waals surface area contributed by atoms with Crippen LogP contribution in [0.25, 0.3) is 0 Å². The lowest BCUT2D eigenvalue weighted by Crippen LogP contribution is -2.56. The highest BCUT2D eigenvalue weighted by Gasteiger charge is 2.37. The van der Waals surface area contributed by atoms with Gasteiger partial charge in [0.2, 0.25) is 0 Å². The molecular formula is C16H33N3O. The number of likely N-dealkylation sites (N-methyl/N-ethyl adjacent to an activating group) is 1. The van der Waals surface area contributed by atoms with E-state index in [0.29, 0.717) is 0 Å². The molecule has 0 spiro atoms. The SMILES string of the molecule is CCNC1CC2CCCC(C1)N2CCOCCN(C)C. The Hall–Kier alpha value is -0.160. The van der Waals surface area contributed by atoms with Gasteiger partial charge in [0.05, 0.1) is 13.2 Å². The van der Waals surface area contributed by atoms with E-state index in [-0.39, 0.29) is 0 Å². The number of nitrogens with zero attached hydrogens (tertiary/aromatic N) is 2. The monoisotopic (exact) mass is 283 g/mol. The Bertz CT molecular complexity index is 258. The van der Waals surface area contributed by atoms with E-state index < -0.39 is 0 Å². The minimum absolute atomic E-state index is 0.751. The smallest absolute Gasteiger partial charge is 0.0594 e. The second kappa shape index (κ2) is 8.32. The highest BCUT2D eigenvalue weighted by atomic mass is 16.5. The van der Waals surface area contributed by atoms with Gasteiger partial charge in [0.15, 0.2) is 0 Å². The van der Waals surface area contributed by atoms with Crippen molar-refractivity contribution in [3.05, 3.63) is 0 Å². The van der Waals surface area contributed by atoms with Gasteiger partial charge in [-0.05, 0) is 46.3 Å². The normalized spacial score (nSPS) is 30.9. The predicted molar refractivity (Wildman–Crippen MR) is 84.2 cm³/mol. The van der Waals surface area contributed by atoms with E-state index in [9.17, 15) is 0 Å². The number of hydrogen-bond donors (Lipinski definition) is 1. The van der Waals surface area contributed by atoms with Crippen LogP contribution >= 0.6 is 0 Å². The molecule has 0 saturated carbocycles. The fraction of sp³-hybridized carbons (Fsp3) is 1.00. The summed E-state index contributed by atoms with van der Waals surface area (Å²) in [4.78, 5) is 4.92. The highest BCUT2D eigenvalue weighted by molar-refractivity contribution is 4.94. The van der Waals surface area contributed by atoms with Gasteiger partial charge >= 0.3 is 0 Å². The van der Waals surface area contributed by atoms with Crippen molar-refractivity contribution in [1.82, 2.24) is 15.1 Å². The fourth-order valence-electron chi connectivity index (χ4n) is 3.82. The van der Waals surface area contributed by atoms with Crippen LogP contribution in [0.5, 0.6) is 0 Å². The summed E-state index contributed by atoms with van der Waals surface area (Å²) in [5.41, 5.74) is 0. The van der Waals surface area contributed by atoms with Gasteiger partial charge < -0.3 is 15.0 Å². The largest absolute Gasteiger partial charge is 0.379 e. The van der Waals surface area contributed by atoms with Gasteiger partial charge in [0.1, 0.15) is 0 Å². The molecule has 118 valence electrons. The number of fused-ring (bicyclic) bond motifs is 2. The first-order valence-corrected chi connectivity index (χ1v) is 8.42. The van der Waals surface area contributed by atoms with Crippen LogP contribution in [0.3, 0.4) is 0 Å². The van der Waals surface area contributed by atoms with E-state index in [2.05, 4.69) is 36.1 Å². The van der Waals surface area contributed by atoms with E-state index in [1.165, 1.54) is 32.1 Å². The summed E-state index contributed by atoms with van der Waals surface area (Å²) >= 11 is 0. The standard InChI is InChI=1S/C16H33N3O/c1-4-17-14-12-15-6-5-7-16(13-14)19(15)9-11-20-10-8-18(2)3/h14-17H,4-13H2,1-3H3. The van der Waals surface area contributed by atoms with Crippen molar-refractivity contribution < 1.29 is 4.74 Å². The summed E-state index contributed by atoms with van der Waals surface area (Å²) in [7, 11) is 4.19. The molecule has 2 rings (SSSR count). The van der Waals surface area contributed by atoms with E-state index >= 15 is 0 Å². The lowest BCUT2D eigenvalue weighted by Gasteiger charge is -2.49. The van der Waals surface area contributed by atoms with Crippen molar-refractivity contribution >= 4 is 0 Å². The molecule has 0 aliphatic carbocycles. The van der Waals surface area contributed by atoms with Crippen LogP contribution in [-0.2, 0) is 4.74 Å². The average molecular weight is 283 g/mol. The molecule has 2 aliphatic heterocycles. The Kier molecular flexibility index (Phi) is 6.75. The van der Waals surface area contributed by atoms with E-state index in [4.69, 9.17) is 4.74 Å². The molecule has 2 aliphatic rings. The predicted octanol–water partition coefficient (Wildman–Crippen LogP) is 1.56. The van der Waals surface area contributed by atoms with Crippen molar-refractivity contribution in [2.45, 2.75) is 57.2 Å². The zero-order valence-electron chi connectivity index (χ0n) is 13.6. The van der Waals surface area contributed by atoms with Gasteiger partial charge in [-0.3, -0.25) is 4.90 Å². The summed E-state index contributed by atoms with van der Waals surface area (Å²) in [6.45, 7) is 7.23. The van der Waals surface area contributed by atoms with Gasteiger partial charge in [-0.15, -0.1) is 0 Å². The van der Waals surface area contributed by atoms with Crippen LogP contribution in [0.15, 0.2) is 0 Å². The second-order valence-electron chi connectivity index (χ2n) is 6.62. The minimum atomic E-state index is 0.751. The van der Waals surface area contributed by atoms with Crippen LogP contribution < -0.4 is 5.32 Å². The Morgan fingerprint density at radius 3 is 2.45 bits per heavy atom. The third kappa shape index (κ3) is 4.69. The fourth-order valence-corrected chi connectivity index (χ4v) is 3.82. The Labute approximate surface area is 124 Å². The first kappa shape index (κ1) is 16.2. The molecule has 2 atom stereocenters. The molecule has 4 heteroatoms. The number of hydrogen-bond acceptors (Lipinski definition) is 4. The molecule has 2 heterocycles. The van der Waals surface area contributed by atoms with E-state index in [1.807, 2.05) is 0 Å². The van der Waals surface area contributed by atoms with Gasteiger partial charge in [-0.2, -0.15) is 0 Å². The maximum absolute atomic E-state index is 5.79. The van der Waals surface area contributed by atoms with Gasteiger partial charge in [-0.25, -0.2) is 0 Å². The third-order valence-corrected chi connectivity index (χ3v) is 4.80. The molecule has 2 fully saturated rings. The first-order chi connectivity index (χ1) is 9.70. The third-order valence-electron chi connectivity index (χ3n) is 4.80. The number of rotatable bonds is 8. The van der Waals surface area contributed by atoms with Crippen LogP contribution in [0, 0.1) is 0 Å². The van der Waals surface area contributed by atoms with Crippen molar-refractivity contribution in [1.29, 1.82) is 0 Å². The Morgan fingerprint density at radius 2 is 1.85 bits per heavy atom. The van der Waals surface area contributed by atoms with Crippen molar-refractivity contribution in [3.8, 4) is 0 Å². The number of ether oxygens (including phenoxy) is 1. The summed E-state index contributed by atoms with van der Waals surface area (Å²) in [6, 6.07) is 2.34. The topological polar surface area (TPSA) is 27.7 Å². The molecular weight excluding hydrogens is 250 g/mol. The molecule has 0 amide bonds. The molecule has 2 bridgehead atoms. The molecule has 0 aromatic carbocycles. The van der Waals surface area contributed by atoms with Gasteiger partial charge in [-0.1, -0.05) is 13.3 Å². The van der Waals surface area contributed by atoms with Crippen molar-refractivity contribution in [2.75, 3.05) is 46.9 Å². The summed E-state index contributed by atoms with van der Waals surface area (Å²) in [5.74, 6) is 0. The van der Waals surface area contributed by atoms with E-state index in [1.54, 1.807) is 0 Å². The molecule has 0 radical (unpaired) electrons. The summed E-state index contributed by atoms with van der Waals surface area (Å²) in [6.07, 6.45) is 6.86. The highest BCUT2D eigenvalue weighted by Crippen LogP contribution is 2.33. The quantitative estimate of drug-likeness (QED) is 0.684. The van der Waals surface area contributed by atoms with Gasteiger partial charge in [0, 0.05) is 31.2 Å². The second-order valence-corrected chi connectivity index (χ2v) is 6.62. The molecule has 0 aromatic rings. The lowest BCUT2D eigenvalue weighted by molar-refractivity contribution is -0.00168. The van der Waals surface area contributed by atoms with Crippen molar-refractivity contribution in [3.63, 3.8) is 0 Å².